The number of fused-ring (bicyclic) bond motifs is 1. The molecule has 3 rings (SSSR count). The Morgan fingerprint density at radius 2 is 2.30 bits per heavy atom. The second-order valence-corrected chi connectivity index (χ2v) is 5.80. The molecule has 8 nitrogen and oxygen atoms in total. The Bertz CT molecular complexity index is 698. The summed E-state index contributed by atoms with van der Waals surface area (Å²) >= 11 is 0. The highest BCUT2D eigenvalue weighted by Gasteiger charge is 2.32. The van der Waals surface area contributed by atoms with Crippen molar-refractivity contribution in [3.63, 3.8) is 0 Å². The molecule has 8 heteroatoms. The Hall–Kier alpha value is -2.73. The zero-order chi connectivity index (χ0) is 16.4. The molecule has 0 radical (unpaired) electrons. The van der Waals surface area contributed by atoms with Crippen LogP contribution in [0.1, 0.15) is 18.9 Å². The summed E-state index contributed by atoms with van der Waals surface area (Å²) in [6, 6.07) is 5.51. The first-order chi connectivity index (χ1) is 11.1. The van der Waals surface area contributed by atoms with Crippen molar-refractivity contribution < 1.29 is 14.3 Å². The normalized spacial score (nSPS) is 23.4. The van der Waals surface area contributed by atoms with Gasteiger partial charge in [-0.15, -0.1) is 0 Å². The summed E-state index contributed by atoms with van der Waals surface area (Å²) in [5.41, 5.74) is 10.9. The molecule has 2 amide bonds. The molecule has 0 saturated carbocycles. The highest BCUT2D eigenvalue weighted by molar-refractivity contribution is 5.95. The number of benzene rings is 1. The van der Waals surface area contributed by atoms with E-state index in [0.717, 1.165) is 29.8 Å². The van der Waals surface area contributed by atoms with E-state index in [1.54, 1.807) is 6.07 Å². The number of azide groups is 1. The van der Waals surface area contributed by atoms with E-state index < -0.39 is 12.2 Å². The van der Waals surface area contributed by atoms with Crippen molar-refractivity contribution in [2.45, 2.75) is 25.9 Å². The van der Waals surface area contributed by atoms with Crippen molar-refractivity contribution in [2.24, 2.45) is 11.0 Å². The minimum atomic E-state index is -0.450. The molecule has 1 saturated heterocycles. The molecular weight excluding hydrogens is 298 g/mol. The molecule has 1 unspecified atom stereocenters. The van der Waals surface area contributed by atoms with Crippen molar-refractivity contribution in [3.8, 4) is 0 Å². The standard InChI is InChI=1S/C15H17N5O3/c1-9-2-3-10-6-11(4-5-13(10)18-14(9)21)20-8-12(7-17-19-16)23-15(20)22/h4-6,9,12H,2-3,7-8H2,1H3,(H,18,21)/t9?,12-/m0/s1. The second kappa shape index (κ2) is 6.18. The number of cyclic esters (lactones) is 1. The molecule has 2 heterocycles. The third-order valence-corrected chi connectivity index (χ3v) is 4.18. The summed E-state index contributed by atoms with van der Waals surface area (Å²) in [5.74, 6) is -0.0117. The SMILES string of the molecule is CC1CCc2cc(N3C[C@H](CN=[N+]=[N-])OC3=O)ccc2NC1=O. The van der Waals surface area contributed by atoms with E-state index in [2.05, 4.69) is 15.3 Å². The van der Waals surface area contributed by atoms with Crippen molar-refractivity contribution in [3.05, 3.63) is 34.2 Å². The fourth-order valence-electron chi connectivity index (χ4n) is 2.79. The molecule has 2 aliphatic rings. The number of nitrogens with one attached hydrogen (secondary N) is 1. The van der Waals surface area contributed by atoms with Gasteiger partial charge in [-0.05, 0) is 42.1 Å². The molecule has 0 bridgehead atoms. The number of rotatable bonds is 3. The third kappa shape index (κ3) is 3.07. The van der Waals surface area contributed by atoms with Gasteiger partial charge in [0.2, 0.25) is 5.91 Å². The Morgan fingerprint density at radius 3 is 3.09 bits per heavy atom. The summed E-state index contributed by atoms with van der Waals surface area (Å²) in [6.45, 7) is 2.37. The zero-order valence-corrected chi connectivity index (χ0v) is 12.7. The van der Waals surface area contributed by atoms with E-state index >= 15 is 0 Å². The lowest BCUT2D eigenvalue weighted by atomic mass is 10.0. The van der Waals surface area contributed by atoms with Gasteiger partial charge < -0.3 is 10.1 Å². The highest BCUT2D eigenvalue weighted by Crippen LogP contribution is 2.30. The Morgan fingerprint density at radius 1 is 1.48 bits per heavy atom. The van der Waals surface area contributed by atoms with E-state index in [4.69, 9.17) is 10.3 Å². The number of amides is 2. The Balaban J connectivity index is 1.81. The van der Waals surface area contributed by atoms with Crippen LogP contribution in [0.2, 0.25) is 0 Å². The van der Waals surface area contributed by atoms with Gasteiger partial charge in [-0.3, -0.25) is 9.69 Å². The van der Waals surface area contributed by atoms with Crippen LogP contribution in [0.25, 0.3) is 10.4 Å². The average molecular weight is 315 g/mol. The molecule has 1 aromatic carbocycles. The number of hydrogen-bond donors (Lipinski definition) is 1. The first-order valence-electron chi connectivity index (χ1n) is 7.51. The maximum Gasteiger partial charge on any atom is 0.414 e. The van der Waals surface area contributed by atoms with E-state index in [0.29, 0.717) is 6.54 Å². The molecule has 1 N–H and O–H groups in total. The van der Waals surface area contributed by atoms with Crippen molar-refractivity contribution in [2.75, 3.05) is 23.3 Å². The number of hydrogen-bond acceptors (Lipinski definition) is 4. The van der Waals surface area contributed by atoms with Crippen LogP contribution in [0.4, 0.5) is 16.2 Å². The van der Waals surface area contributed by atoms with Crippen molar-refractivity contribution in [1.29, 1.82) is 0 Å². The summed E-state index contributed by atoms with van der Waals surface area (Å²) in [4.78, 5) is 28.1. The first-order valence-corrected chi connectivity index (χ1v) is 7.51. The molecule has 2 atom stereocenters. The maximum absolute atomic E-state index is 12.0. The number of anilines is 2. The first kappa shape index (κ1) is 15.2. The number of ether oxygens (including phenoxy) is 1. The van der Waals surface area contributed by atoms with Crippen LogP contribution < -0.4 is 10.2 Å². The van der Waals surface area contributed by atoms with Gasteiger partial charge >= 0.3 is 6.09 Å². The topological polar surface area (TPSA) is 107 Å². The average Bonchev–Trinajstić information content (AvgIpc) is 2.85. The molecular formula is C15H17N5O3. The molecule has 1 fully saturated rings. The van der Waals surface area contributed by atoms with E-state index in [1.807, 2.05) is 19.1 Å². The minimum Gasteiger partial charge on any atom is -0.444 e. The fraction of sp³-hybridized carbons (Fsp3) is 0.467. The van der Waals surface area contributed by atoms with Crippen LogP contribution in [0, 0.1) is 5.92 Å². The lowest BCUT2D eigenvalue weighted by molar-refractivity contribution is -0.119. The van der Waals surface area contributed by atoms with Gasteiger partial charge in [0.05, 0.1) is 13.1 Å². The summed E-state index contributed by atoms with van der Waals surface area (Å²) < 4.78 is 5.19. The monoisotopic (exact) mass is 315 g/mol. The van der Waals surface area contributed by atoms with Crippen LogP contribution in [0.5, 0.6) is 0 Å². The Labute approximate surface area is 133 Å². The number of nitrogens with zero attached hydrogens (tertiary/aromatic N) is 4. The van der Waals surface area contributed by atoms with E-state index in [9.17, 15) is 9.59 Å². The zero-order valence-electron chi connectivity index (χ0n) is 12.7. The lowest BCUT2D eigenvalue weighted by Crippen LogP contribution is -2.25. The number of carbonyl (C=O) groups excluding carboxylic acids is 2. The van der Waals surface area contributed by atoms with Gasteiger partial charge in [-0.25, -0.2) is 4.79 Å². The van der Waals surface area contributed by atoms with Gasteiger partial charge in [0.15, 0.2) is 0 Å². The third-order valence-electron chi connectivity index (χ3n) is 4.18. The molecule has 0 spiro atoms. The molecule has 0 aromatic heterocycles. The summed E-state index contributed by atoms with van der Waals surface area (Å²) in [7, 11) is 0. The van der Waals surface area contributed by atoms with Gasteiger partial charge in [0, 0.05) is 22.2 Å². The van der Waals surface area contributed by atoms with Crippen LogP contribution in [0.3, 0.4) is 0 Å². The predicted molar refractivity (Wildman–Crippen MR) is 84.2 cm³/mol. The number of carbonyl (C=O) groups is 2. The molecule has 1 aromatic rings. The van der Waals surface area contributed by atoms with Crippen LogP contribution in [-0.4, -0.2) is 31.2 Å². The maximum atomic E-state index is 12.0. The van der Waals surface area contributed by atoms with Gasteiger partial charge in [-0.2, -0.15) is 0 Å². The molecule has 23 heavy (non-hydrogen) atoms. The molecule has 2 aliphatic heterocycles. The van der Waals surface area contributed by atoms with Crippen molar-refractivity contribution in [1.82, 2.24) is 0 Å². The van der Waals surface area contributed by atoms with E-state index in [-0.39, 0.29) is 18.4 Å². The Kier molecular flexibility index (Phi) is 4.08. The quantitative estimate of drug-likeness (QED) is 0.526. The molecule has 120 valence electrons. The second-order valence-electron chi connectivity index (χ2n) is 5.80. The fourth-order valence-corrected chi connectivity index (χ4v) is 2.79. The highest BCUT2D eigenvalue weighted by atomic mass is 16.6. The number of aryl methyl sites for hydroxylation is 1. The lowest BCUT2D eigenvalue weighted by Gasteiger charge is -2.16. The van der Waals surface area contributed by atoms with E-state index in [1.165, 1.54) is 4.90 Å². The largest absolute Gasteiger partial charge is 0.444 e. The summed E-state index contributed by atoms with van der Waals surface area (Å²) in [6.07, 6.45) is 0.659. The van der Waals surface area contributed by atoms with Crippen LogP contribution >= 0.6 is 0 Å². The van der Waals surface area contributed by atoms with Crippen LogP contribution in [-0.2, 0) is 16.0 Å². The van der Waals surface area contributed by atoms with Crippen LogP contribution in [0.15, 0.2) is 23.3 Å². The summed E-state index contributed by atoms with van der Waals surface area (Å²) in [5, 5.41) is 6.35. The predicted octanol–water partition coefficient (Wildman–Crippen LogP) is 2.84. The van der Waals surface area contributed by atoms with Gasteiger partial charge in [-0.1, -0.05) is 12.0 Å². The van der Waals surface area contributed by atoms with Gasteiger partial charge in [0.25, 0.3) is 0 Å². The van der Waals surface area contributed by atoms with Crippen molar-refractivity contribution >= 4 is 23.4 Å². The van der Waals surface area contributed by atoms with Gasteiger partial charge in [0.1, 0.15) is 6.10 Å². The smallest absolute Gasteiger partial charge is 0.414 e. The minimum absolute atomic E-state index is 0.0199. The molecule has 0 aliphatic carbocycles.